The first-order chi connectivity index (χ1) is 8.10. The fourth-order valence-electron chi connectivity index (χ4n) is 1.95. The van der Waals surface area contributed by atoms with Gasteiger partial charge in [0.25, 0.3) is 5.91 Å². The number of anilines is 1. The molecule has 2 rings (SSSR count). The number of carbonyl (C=O) groups is 1. The van der Waals surface area contributed by atoms with Crippen LogP contribution in [0.5, 0.6) is 5.75 Å². The van der Waals surface area contributed by atoms with Gasteiger partial charge in [-0.3, -0.25) is 4.79 Å². The van der Waals surface area contributed by atoms with E-state index in [9.17, 15) is 4.79 Å². The summed E-state index contributed by atoms with van der Waals surface area (Å²) in [5.41, 5.74) is 7.41. The van der Waals surface area contributed by atoms with Crippen LogP contribution in [-0.2, 0) is 11.2 Å². The van der Waals surface area contributed by atoms with Gasteiger partial charge in [0.15, 0.2) is 6.10 Å². The van der Waals surface area contributed by atoms with E-state index in [-0.39, 0.29) is 12.5 Å². The van der Waals surface area contributed by atoms with Gasteiger partial charge in [0, 0.05) is 6.54 Å². The zero-order valence-electron chi connectivity index (χ0n) is 10.2. The molecule has 1 unspecified atom stereocenters. The first-order valence-corrected chi connectivity index (χ1v) is 5.90. The Kier molecular flexibility index (Phi) is 3.33. The highest BCUT2D eigenvalue weighted by atomic mass is 16.5. The van der Waals surface area contributed by atoms with Crippen LogP contribution < -0.4 is 15.8 Å². The maximum Gasteiger partial charge on any atom is 0.266 e. The Labute approximate surface area is 101 Å². The van der Waals surface area contributed by atoms with Gasteiger partial charge in [-0.2, -0.15) is 0 Å². The van der Waals surface area contributed by atoms with E-state index in [1.54, 1.807) is 0 Å². The van der Waals surface area contributed by atoms with Gasteiger partial charge in [0.1, 0.15) is 5.75 Å². The lowest BCUT2D eigenvalue weighted by atomic mass is 10.0. The van der Waals surface area contributed by atoms with Gasteiger partial charge >= 0.3 is 0 Å². The largest absolute Gasteiger partial charge is 0.477 e. The lowest BCUT2D eigenvalue weighted by Crippen LogP contribution is -2.42. The van der Waals surface area contributed by atoms with E-state index in [0.29, 0.717) is 11.7 Å². The van der Waals surface area contributed by atoms with Crippen LogP contribution in [0.2, 0.25) is 0 Å². The van der Waals surface area contributed by atoms with E-state index < -0.39 is 6.10 Å². The van der Waals surface area contributed by atoms with Crippen molar-refractivity contribution in [2.24, 2.45) is 11.7 Å². The minimum atomic E-state index is -0.571. The molecule has 1 aliphatic rings. The first-order valence-electron chi connectivity index (χ1n) is 5.90. The summed E-state index contributed by atoms with van der Waals surface area (Å²) >= 11 is 0. The standard InChI is InChI=1S/C13H18N2O2/c1-8(2)5-9-3-4-11-10(6-9)15-13(16)12(7-14)17-11/h3-4,6,8,12H,5,7,14H2,1-2H3,(H,15,16). The van der Waals surface area contributed by atoms with E-state index in [2.05, 4.69) is 19.2 Å². The van der Waals surface area contributed by atoms with E-state index in [4.69, 9.17) is 10.5 Å². The fraction of sp³-hybridized carbons (Fsp3) is 0.462. The topological polar surface area (TPSA) is 64.4 Å². The van der Waals surface area contributed by atoms with Gasteiger partial charge in [-0.1, -0.05) is 19.9 Å². The molecule has 0 fully saturated rings. The lowest BCUT2D eigenvalue weighted by molar-refractivity contribution is -0.123. The van der Waals surface area contributed by atoms with Gasteiger partial charge in [-0.25, -0.2) is 0 Å². The molecule has 4 heteroatoms. The van der Waals surface area contributed by atoms with Crippen LogP contribution >= 0.6 is 0 Å². The molecule has 0 saturated heterocycles. The monoisotopic (exact) mass is 234 g/mol. The highest BCUT2D eigenvalue weighted by molar-refractivity contribution is 5.97. The van der Waals surface area contributed by atoms with E-state index in [1.165, 1.54) is 5.56 Å². The van der Waals surface area contributed by atoms with Crippen molar-refractivity contribution in [2.45, 2.75) is 26.4 Å². The molecule has 1 aliphatic heterocycles. The first kappa shape index (κ1) is 11.9. The Morgan fingerprint density at radius 2 is 2.24 bits per heavy atom. The summed E-state index contributed by atoms with van der Waals surface area (Å²) in [6.07, 6.45) is 0.419. The molecule has 1 heterocycles. The summed E-state index contributed by atoms with van der Waals surface area (Å²) in [4.78, 5) is 11.6. The van der Waals surface area contributed by atoms with Gasteiger partial charge in [0.2, 0.25) is 0 Å². The Morgan fingerprint density at radius 3 is 2.88 bits per heavy atom. The SMILES string of the molecule is CC(C)Cc1ccc2c(c1)NC(=O)C(CN)O2. The molecule has 0 aliphatic carbocycles. The maximum atomic E-state index is 11.6. The average molecular weight is 234 g/mol. The molecule has 4 nitrogen and oxygen atoms in total. The molecule has 0 radical (unpaired) electrons. The van der Waals surface area contributed by atoms with Gasteiger partial charge in [-0.05, 0) is 30.0 Å². The number of hydrogen-bond donors (Lipinski definition) is 2. The summed E-state index contributed by atoms with van der Waals surface area (Å²) in [6.45, 7) is 4.52. The predicted octanol–water partition coefficient (Wildman–Crippen LogP) is 1.54. The number of hydrogen-bond acceptors (Lipinski definition) is 3. The Balaban J connectivity index is 2.23. The van der Waals surface area contributed by atoms with Crippen molar-refractivity contribution in [1.82, 2.24) is 0 Å². The molecule has 0 saturated carbocycles. The highest BCUT2D eigenvalue weighted by Crippen LogP contribution is 2.30. The smallest absolute Gasteiger partial charge is 0.266 e. The maximum absolute atomic E-state index is 11.6. The van der Waals surface area contributed by atoms with Crippen LogP contribution in [0.3, 0.4) is 0 Å². The second-order valence-electron chi connectivity index (χ2n) is 4.76. The molecular formula is C13H18N2O2. The quantitative estimate of drug-likeness (QED) is 0.834. The van der Waals surface area contributed by atoms with E-state index in [1.807, 2.05) is 18.2 Å². The molecule has 0 aromatic heterocycles. The molecule has 0 spiro atoms. The third-order valence-corrected chi connectivity index (χ3v) is 2.72. The van der Waals surface area contributed by atoms with Crippen LogP contribution in [0.25, 0.3) is 0 Å². The van der Waals surface area contributed by atoms with E-state index >= 15 is 0 Å². The number of rotatable bonds is 3. The van der Waals surface area contributed by atoms with Crippen molar-refractivity contribution >= 4 is 11.6 Å². The van der Waals surface area contributed by atoms with E-state index in [0.717, 1.165) is 12.1 Å². The van der Waals surface area contributed by atoms with Crippen molar-refractivity contribution in [3.63, 3.8) is 0 Å². The highest BCUT2D eigenvalue weighted by Gasteiger charge is 2.26. The molecule has 0 bridgehead atoms. The third kappa shape index (κ3) is 2.58. The molecule has 17 heavy (non-hydrogen) atoms. The Bertz CT molecular complexity index is 429. The number of fused-ring (bicyclic) bond motifs is 1. The minimum absolute atomic E-state index is 0.165. The zero-order chi connectivity index (χ0) is 12.4. The number of ether oxygens (including phenoxy) is 1. The summed E-state index contributed by atoms with van der Waals surface area (Å²) in [5.74, 6) is 1.12. The van der Waals surface area contributed by atoms with Crippen molar-refractivity contribution in [1.29, 1.82) is 0 Å². The van der Waals surface area contributed by atoms with Crippen LogP contribution in [0.1, 0.15) is 19.4 Å². The molecule has 1 atom stereocenters. The molecular weight excluding hydrogens is 216 g/mol. The third-order valence-electron chi connectivity index (χ3n) is 2.72. The van der Waals surface area contributed by atoms with Gasteiger partial charge in [0.05, 0.1) is 5.69 Å². The normalized spacial score (nSPS) is 18.6. The summed E-state index contributed by atoms with van der Waals surface area (Å²) in [6, 6.07) is 5.90. The van der Waals surface area contributed by atoms with Crippen molar-refractivity contribution in [3.8, 4) is 5.75 Å². The summed E-state index contributed by atoms with van der Waals surface area (Å²) < 4.78 is 5.52. The molecule has 92 valence electrons. The average Bonchev–Trinajstić information content (AvgIpc) is 2.27. The number of amides is 1. The molecule has 1 aromatic carbocycles. The molecule has 3 N–H and O–H groups in total. The van der Waals surface area contributed by atoms with Gasteiger partial charge in [-0.15, -0.1) is 0 Å². The lowest BCUT2D eigenvalue weighted by Gasteiger charge is -2.25. The zero-order valence-corrected chi connectivity index (χ0v) is 10.2. The molecule has 1 amide bonds. The minimum Gasteiger partial charge on any atom is -0.477 e. The number of benzene rings is 1. The van der Waals surface area contributed by atoms with Crippen molar-refractivity contribution in [2.75, 3.05) is 11.9 Å². The Morgan fingerprint density at radius 1 is 1.47 bits per heavy atom. The van der Waals surface area contributed by atoms with Crippen LogP contribution in [0.4, 0.5) is 5.69 Å². The predicted molar refractivity (Wildman–Crippen MR) is 67.1 cm³/mol. The number of nitrogens with two attached hydrogens (primary N) is 1. The van der Waals surface area contributed by atoms with Crippen LogP contribution in [0, 0.1) is 5.92 Å². The van der Waals surface area contributed by atoms with Crippen LogP contribution in [0.15, 0.2) is 18.2 Å². The van der Waals surface area contributed by atoms with Crippen molar-refractivity contribution < 1.29 is 9.53 Å². The second kappa shape index (κ2) is 4.75. The Hall–Kier alpha value is -1.55. The van der Waals surface area contributed by atoms with Gasteiger partial charge < -0.3 is 15.8 Å². The van der Waals surface area contributed by atoms with Crippen molar-refractivity contribution in [3.05, 3.63) is 23.8 Å². The number of nitrogens with one attached hydrogen (secondary N) is 1. The second-order valence-corrected chi connectivity index (χ2v) is 4.76. The number of carbonyl (C=O) groups excluding carboxylic acids is 1. The fourth-order valence-corrected chi connectivity index (χ4v) is 1.95. The van der Waals surface area contributed by atoms with Crippen LogP contribution in [-0.4, -0.2) is 18.6 Å². The molecule has 1 aromatic rings. The summed E-state index contributed by atoms with van der Waals surface area (Å²) in [7, 11) is 0. The summed E-state index contributed by atoms with van der Waals surface area (Å²) in [5, 5.41) is 2.83.